The highest BCUT2D eigenvalue weighted by Crippen LogP contribution is 2.20. The summed E-state index contributed by atoms with van der Waals surface area (Å²) in [6, 6.07) is 16.0. The fourth-order valence-corrected chi connectivity index (χ4v) is 2.35. The van der Waals surface area contributed by atoms with Crippen molar-refractivity contribution in [1.82, 2.24) is 9.78 Å². The zero-order valence-corrected chi connectivity index (χ0v) is 13.7. The second-order valence-corrected chi connectivity index (χ2v) is 5.37. The maximum Gasteiger partial charge on any atom is 0.438 e. The number of hydrogen-bond donors (Lipinski definition) is 1. The lowest BCUT2D eigenvalue weighted by Gasteiger charge is -2.07. The van der Waals surface area contributed by atoms with Crippen LogP contribution in [0.15, 0.2) is 69.9 Å². The molecule has 0 aliphatic carbocycles. The van der Waals surface area contributed by atoms with Crippen LogP contribution in [-0.4, -0.2) is 28.6 Å². The molecule has 3 rings (SSSR count). The van der Waals surface area contributed by atoms with E-state index in [1.54, 1.807) is 37.5 Å². The number of aliphatic hydroxyl groups is 1. The largest absolute Gasteiger partial charge is 0.497 e. The lowest BCUT2D eigenvalue weighted by Crippen LogP contribution is -2.23. The summed E-state index contributed by atoms with van der Waals surface area (Å²) in [5.41, 5.74) is 1.62. The van der Waals surface area contributed by atoms with Crippen LogP contribution < -0.4 is 10.5 Å². The zero-order chi connectivity index (χ0) is 17.6. The molecule has 3 aromatic rings. The molecule has 0 radical (unpaired) electrons. The summed E-state index contributed by atoms with van der Waals surface area (Å²) in [4.78, 5) is 12.1. The molecule has 0 amide bonds. The molecular weight excluding hydrogens is 320 g/mol. The van der Waals surface area contributed by atoms with E-state index in [9.17, 15) is 9.90 Å². The number of benzene rings is 2. The summed E-state index contributed by atoms with van der Waals surface area (Å²) >= 11 is 0. The second kappa shape index (κ2) is 7.63. The molecule has 25 heavy (non-hydrogen) atoms. The maximum absolute atomic E-state index is 12.1. The van der Waals surface area contributed by atoms with Gasteiger partial charge in [-0.25, -0.2) is 4.79 Å². The Kier molecular flexibility index (Phi) is 5.11. The van der Waals surface area contributed by atoms with Gasteiger partial charge in [0.1, 0.15) is 11.8 Å². The molecule has 0 bridgehead atoms. The second-order valence-electron chi connectivity index (χ2n) is 5.37. The molecule has 0 saturated heterocycles. The van der Waals surface area contributed by atoms with E-state index in [1.165, 1.54) is 0 Å². The van der Waals surface area contributed by atoms with Crippen LogP contribution >= 0.6 is 0 Å². The van der Waals surface area contributed by atoms with Crippen molar-refractivity contribution in [1.29, 1.82) is 0 Å². The summed E-state index contributed by atoms with van der Waals surface area (Å²) < 4.78 is 11.5. The van der Waals surface area contributed by atoms with Crippen LogP contribution in [0.4, 0.5) is 0 Å². The fraction of sp³-hybridized carbons (Fsp3) is 0.158. The van der Waals surface area contributed by atoms with Crippen LogP contribution in [0.5, 0.6) is 5.75 Å². The van der Waals surface area contributed by atoms with Crippen LogP contribution in [0.25, 0.3) is 17.5 Å². The zero-order valence-electron chi connectivity index (χ0n) is 13.7. The predicted molar refractivity (Wildman–Crippen MR) is 94.3 cm³/mol. The standard InChI is InChI=1S/C19H18N2O4/c1-24-17-11-8-15(9-12-17)18-20-21(19(23)25-18)16(13-22)10-7-14-5-3-2-4-6-14/h2-12,16,22H,13H2,1H3/b10-7+. The lowest BCUT2D eigenvalue weighted by atomic mass is 10.2. The third kappa shape index (κ3) is 3.87. The van der Waals surface area contributed by atoms with Crippen molar-refractivity contribution < 1.29 is 14.3 Å². The Morgan fingerprint density at radius 3 is 2.56 bits per heavy atom. The van der Waals surface area contributed by atoms with Crippen LogP contribution in [0.2, 0.25) is 0 Å². The summed E-state index contributed by atoms with van der Waals surface area (Å²) in [5.74, 6) is 0.270. The van der Waals surface area contributed by atoms with Gasteiger partial charge in [0.25, 0.3) is 0 Å². The SMILES string of the molecule is COc1ccc(-c2nn(C(/C=C/c3ccccc3)CO)c(=O)o2)cc1. The number of rotatable bonds is 6. The highest BCUT2D eigenvalue weighted by atomic mass is 16.5. The molecule has 1 aromatic heterocycles. The molecule has 1 heterocycles. The van der Waals surface area contributed by atoms with Gasteiger partial charge in [-0.2, -0.15) is 4.68 Å². The molecule has 0 fully saturated rings. The molecular formula is C19H18N2O4. The number of hydrogen-bond acceptors (Lipinski definition) is 5. The monoisotopic (exact) mass is 338 g/mol. The Balaban J connectivity index is 1.87. The molecule has 0 spiro atoms. The van der Waals surface area contributed by atoms with Gasteiger partial charge in [0, 0.05) is 5.56 Å². The van der Waals surface area contributed by atoms with Crippen LogP contribution in [0, 0.1) is 0 Å². The Hall–Kier alpha value is -3.12. The number of aromatic nitrogens is 2. The lowest BCUT2D eigenvalue weighted by molar-refractivity contribution is 0.239. The van der Waals surface area contributed by atoms with Crippen molar-refractivity contribution in [2.24, 2.45) is 0 Å². The summed E-state index contributed by atoms with van der Waals surface area (Å²) in [6.07, 6.45) is 3.55. The number of nitrogens with zero attached hydrogens (tertiary/aromatic N) is 2. The Bertz CT molecular complexity index is 895. The topological polar surface area (TPSA) is 77.5 Å². The van der Waals surface area contributed by atoms with Gasteiger partial charge in [0.15, 0.2) is 0 Å². The highest BCUT2D eigenvalue weighted by Gasteiger charge is 2.16. The van der Waals surface area contributed by atoms with E-state index in [2.05, 4.69) is 5.10 Å². The van der Waals surface area contributed by atoms with Gasteiger partial charge in [0.05, 0.1) is 13.7 Å². The number of ether oxygens (including phenoxy) is 1. The number of methoxy groups -OCH3 is 1. The first-order valence-electron chi connectivity index (χ1n) is 7.79. The van der Waals surface area contributed by atoms with Crippen molar-refractivity contribution in [3.05, 3.63) is 76.8 Å². The minimum Gasteiger partial charge on any atom is -0.497 e. The van der Waals surface area contributed by atoms with E-state index in [1.807, 2.05) is 36.4 Å². The predicted octanol–water partition coefficient (Wildman–Crippen LogP) is 2.76. The smallest absolute Gasteiger partial charge is 0.438 e. The highest BCUT2D eigenvalue weighted by molar-refractivity contribution is 5.54. The average molecular weight is 338 g/mol. The third-order valence-corrected chi connectivity index (χ3v) is 3.72. The minimum atomic E-state index is -0.623. The molecule has 0 aliphatic rings. The first kappa shape index (κ1) is 16.7. The van der Waals surface area contributed by atoms with Crippen LogP contribution in [0.3, 0.4) is 0 Å². The molecule has 1 N–H and O–H groups in total. The summed E-state index contributed by atoms with van der Waals surface area (Å²) in [7, 11) is 1.58. The van der Waals surface area contributed by atoms with Gasteiger partial charge in [-0.3, -0.25) is 0 Å². The van der Waals surface area contributed by atoms with Crippen LogP contribution in [0.1, 0.15) is 11.6 Å². The van der Waals surface area contributed by atoms with E-state index in [0.717, 1.165) is 10.2 Å². The Morgan fingerprint density at radius 1 is 1.20 bits per heavy atom. The molecule has 0 saturated carbocycles. The van der Waals surface area contributed by atoms with Crippen molar-refractivity contribution in [3.8, 4) is 17.2 Å². The van der Waals surface area contributed by atoms with Crippen LogP contribution in [-0.2, 0) is 0 Å². The van der Waals surface area contributed by atoms with Gasteiger partial charge in [-0.05, 0) is 29.8 Å². The fourth-order valence-electron chi connectivity index (χ4n) is 2.35. The molecule has 128 valence electrons. The van der Waals surface area contributed by atoms with Gasteiger partial charge in [0.2, 0.25) is 5.89 Å². The van der Waals surface area contributed by atoms with Crippen molar-refractivity contribution >= 4 is 6.08 Å². The van der Waals surface area contributed by atoms with Gasteiger partial charge in [-0.1, -0.05) is 42.5 Å². The van der Waals surface area contributed by atoms with Gasteiger partial charge < -0.3 is 14.3 Å². The number of aliphatic hydroxyl groups excluding tert-OH is 1. The Morgan fingerprint density at radius 2 is 1.92 bits per heavy atom. The molecule has 2 aromatic carbocycles. The van der Waals surface area contributed by atoms with Crippen molar-refractivity contribution in [2.75, 3.05) is 13.7 Å². The first-order chi connectivity index (χ1) is 12.2. The minimum absolute atomic E-state index is 0.194. The Labute approximate surface area is 144 Å². The summed E-state index contributed by atoms with van der Waals surface area (Å²) in [6.45, 7) is -0.266. The van der Waals surface area contributed by atoms with E-state index >= 15 is 0 Å². The quantitative estimate of drug-likeness (QED) is 0.748. The van der Waals surface area contributed by atoms with E-state index in [4.69, 9.17) is 9.15 Å². The van der Waals surface area contributed by atoms with E-state index < -0.39 is 11.8 Å². The molecule has 1 unspecified atom stereocenters. The third-order valence-electron chi connectivity index (χ3n) is 3.72. The summed E-state index contributed by atoms with van der Waals surface area (Å²) in [5, 5.41) is 13.8. The first-order valence-corrected chi connectivity index (χ1v) is 7.79. The molecule has 6 heteroatoms. The average Bonchev–Trinajstić information content (AvgIpc) is 3.05. The normalized spacial score (nSPS) is 12.4. The van der Waals surface area contributed by atoms with E-state index in [-0.39, 0.29) is 12.5 Å². The molecule has 0 aliphatic heterocycles. The molecule has 1 atom stereocenters. The van der Waals surface area contributed by atoms with Crippen molar-refractivity contribution in [2.45, 2.75) is 6.04 Å². The van der Waals surface area contributed by atoms with E-state index in [0.29, 0.717) is 11.3 Å². The van der Waals surface area contributed by atoms with Gasteiger partial charge >= 0.3 is 5.76 Å². The molecule has 6 nitrogen and oxygen atoms in total. The maximum atomic E-state index is 12.1. The van der Waals surface area contributed by atoms with Crippen molar-refractivity contribution in [3.63, 3.8) is 0 Å². The van der Waals surface area contributed by atoms with Gasteiger partial charge in [-0.15, -0.1) is 5.10 Å².